The minimum atomic E-state index is 0.206. The van der Waals surface area contributed by atoms with E-state index in [1.165, 1.54) is 24.5 Å². The van der Waals surface area contributed by atoms with Gasteiger partial charge < -0.3 is 0 Å². The van der Waals surface area contributed by atoms with Gasteiger partial charge in [0.05, 0.1) is 0 Å². The zero-order valence-electron chi connectivity index (χ0n) is 4.91. The predicted molar refractivity (Wildman–Crippen MR) is 40.4 cm³/mol. The first-order chi connectivity index (χ1) is 3.41. The van der Waals surface area contributed by atoms with Gasteiger partial charge in [0.25, 0.3) is 0 Å². The van der Waals surface area contributed by atoms with E-state index in [0.717, 1.165) is 0 Å². The number of unbranched alkanes of at least 4 members (excludes halogenated alkanes) is 2. The maximum atomic E-state index is 3.52. The van der Waals surface area contributed by atoms with Crippen LogP contribution >= 0.6 is 14.1 Å². The van der Waals surface area contributed by atoms with Crippen LogP contribution in [0.4, 0.5) is 0 Å². The highest BCUT2D eigenvalue weighted by Gasteiger charge is 1.85. The van der Waals surface area contributed by atoms with Crippen LogP contribution in [0.5, 0.6) is 0 Å². The van der Waals surface area contributed by atoms with Crippen LogP contribution < -0.4 is 0 Å². The molecule has 0 aliphatic heterocycles. The summed E-state index contributed by atoms with van der Waals surface area (Å²) in [7, 11) is 0. The second-order valence-electron chi connectivity index (χ2n) is 1.75. The number of halogens is 1. The summed E-state index contributed by atoms with van der Waals surface area (Å²) in [5.74, 6) is 0. The van der Waals surface area contributed by atoms with Gasteiger partial charge >= 0.3 is 13.4 Å². The molecule has 7 heavy (non-hydrogen) atoms. The van der Waals surface area contributed by atoms with E-state index in [2.05, 4.69) is 21.0 Å². The molecule has 0 aromatic rings. The van der Waals surface area contributed by atoms with E-state index >= 15 is 0 Å². The molecule has 42 valence electrons. The van der Waals surface area contributed by atoms with E-state index in [1.807, 2.05) is 0 Å². The largest absolute Gasteiger partial charge is 0.342 e. The molecule has 0 atom stereocenters. The third kappa shape index (κ3) is 7.01. The first-order valence-corrected chi connectivity index (χ1v) is 7.87. The Kier molecular flexibility index (Phi) is 8.03. The average molecular weight is 179 g/mol. The summed E-state index contributed by atoms with van der Waals surface area (Å²) < 4.78 is 0. The summed E-state index contributed by atoms with van der Waals surface area (Å²) in [6.45, 7) is 2.25. The van der Waals surface area contributed by atoms with Gasteiger partial charge in [0.15, 0.2) is 0 Å². The highest BCUT2D eigenvalue weighted by Crippen LogP contribution is 1.99. The smallest absolute Gasteiger partial charge is 0.223 e. The molecule has 0 saturated heterocycles. The molecule has 2 heteroatoms. The second kappa shape index (κ2) is 7.01. The Morgan fingerprint density at radius 2 is 2.14 bits per heavy atom. The normalized spacial score (nSPS) is 8.86. The Morgan fingerprint density at radius 3 is 2.57 bits per heavy atom. The van der Waals surface area contributed by atoms with Crippen LogP contribution in [-0.2, 0) is 0 Å². The van der Waals surface area contributed by atoms with Crippen molar-refractivity contribution < 1.29 is 0 Å². The molecule has 0 bridgehead atoms. The van der Waals surface area contributed by atoms with Gasteiger partial charge in [-0.25, -0.2) is 14.1 Å². The number of hydrogen-bond acceptors (Lipinski definition) is 0. The second-order valence-corrected chi connectivity index (χ2v) is 5.21. The summed E-state index contributed by atoms with van der Waals surface area (Å²) >= 11 is 3.72. The SMILES string of the molecule is CCCC[CH2][AlH][Br]. The van der Waals surface area contributed by atoms with Gasteiger partial charge in [0.1, 0.15) is 0 Å². The van der Waals surface area contributed by atoms with E-state index in [0.29, 0.717) is 0 Å². The summed E-state index contributed by atoms with van der Waals surface area (Å²) in [4.78, 5) is 0. The average Bonchev–Trinajstić information content (AvgIpc) is 1.69. The number of rotatable bonds is 4. The first-order valence-electron chi connectivity index (χ1n) is 2.97. The Balaban J connectivity index is 2.45. The lowest BCUT2D eigenvalue weighted by atomic mass is 10.3. The molecular formula is C5H12AlBr. The molecule has 0 rings (SSSR count). The minimum absolute atomic E-state index is 0.206. The van der Waals surface area contributed by atoms with Gasteiger partial charge in [-0.1, -0.05) is 31.5 Å². The minimum Gasteiger partial charge on any atom is -0.223 e. The van der Waals surface area contributed by atoms with E-state index in [-0.39, 0.29) is 13.4 Å². The Morgan fingerprint density at radius 1 is 1.43 bits per heavy atom. The van der Waals surface area contributed by atoms with Crippen LogP contribution in [0, 0.1) is 0 Å². The van der Waals surface area contributed by atoms with Crippen molar-refractivity contribution in [3.05, 3.63) is 0 Å². The van der Waals surface area contributed by atoms with Crippen molar-refractivity contribution in [2.24, 2.45) is 0 Å². The third-order valence-electron chi connectivity index (χ3n) is 0.987. The van der Waals surface area contributed by atoms with Crippen molar-refractivity contribution in [2.45, 2.75) is 31.5 Å². The highest BCUT2D eigenvalue weighted by molar-refractivity contribution is 9.23. The molecule has 0 nitrogen and oxygen atoms in total. The van der Waals surface area contributed by atoms with Crippen molar-refractivity contribution in [1.82, 2.24) is 0 Å². The Labute approximate surface area is 59.0 Å². The first kappa shape index (κ1) is 8.01. The molecule has 0 radical (unpaired) electrons. The summed E-state index contributed by atoms with van der Waals surface area (Å²) in [6.07, 6.45) is 4.24. The zero-order chi connectivity index (χ0) is 5.54. The van der Waals surface area contributed by atoms with Crippen molar-refractivity contribution in [1.29, 1.82) is 0 Å². The summed E-state index contributed by atoms with van der Waals surface area (Å²) in [5, 5.41) is 1.48. The van der Waals surface area contributed by atoms with Gasteiger partial charge in [-0.3, -0.25) is 0 Å². The van der Waals surface area contributed by atoms with E-state index in [1.54, 1.807) is 0 Å². The van der Waals surface area contributed by atoms with E-state index in [9.17, 15) is 0 Å². The third-order valence-corrected chi connectivity index (χ3v) is 3.44. The summed E-state index contributed by atoms with van der Waals surface area (Å²) in [5.41, 5.74) is 0. The van der Waals surface area contributed by atoms with Crippen LogP contribution in [0.15, 0.2) is 0 Å². The lowest BCUT2D eigenvalue weighted by Gasteiger charge is -1.88. The predicted octanol–water partition coefficient (Wildman–Crippen LogP) is 2.34. The van der Waals surface area contributed by atoms with Crippen molar-refractivity contribution in [2.75, 3.05) is 0 Å². The van der Waals surface area contributed by atoms with Crippen LogP contribution in [-0.4, -0.2) is 13.4 Å². The monoisotopic (exact) mass is 178 g/mol. The molecule has 0 aromatic carbocycles. The van der Waals surface area contributed by atoms with Gasteiger partial charge in [-0.15, -0.1) is 0 Å². The quantitative estimate of drug-likeness (QED) is 0.459. The van der Waals surface area contributed by atoms with Crippen LogP contribution in [0.3, 0.4) is 0 Å². The lowest BCUT2D eigenvalue weighted by molar-refractivity contribution is 0.770. The Bertz CT molecular complexity index is 27.3. The fourth-order valence-electron chi connectivity index (χ4n) is 0.521. The van der Waals surface area contributed by atoms with Gasteiger partial charge in [-0.05, 0) is 0 Å². The molecular weight excluding hydrogens is 167 g/mol. The standard InChI is InChI=1S/C5H11.Al.BrH.H/c1-3-5-4-2;;;/h1,3-5H2,2H3;;1H;/q;+1;;/p-1. The van der Waals surface area contributed by atoms with Crippen LogP contribution in [0.1, 0.15) is 26.2 Å². The van der Waals surface area contributed by atoms with Gasteiger partial charge in [0.2, 0.25) is 0 Å². The topological polar surface area (TPSA) is 0 Å². The molecule has 0 aromatic heterocycles. The fourth-order valence-corrected chi connectivity index (χ4v) is 2.25. The zero-order valence-corrected chi connectivity index (χ0v) is 7.91. The molecule has 0 unspecified atom stereocenters. The molecule has 0 saturated carbocycles. The van der Waals surface area contributed by atoms with Crippen molar-refractivity contribution >= 4 is 27.4 Å². The Hall–Kier alpha value is 1.01. The fraction of sp³-hybridized carbons (Fsp3) is 1.00. The highest BCUT2D eigenvalue weighted by atomic mass is 79.9. The molecule has 0 N–H and O–H groups in total. The molecule has 0 heterocycles. The van der Waals surface area contributed by atoms with Gasteiger partial charge in [0, 0.05) is 0 Å². The lowest BCUT2D eigenvalue weighted by Crippen LogP contribution is -1.75. The van der Waals surface area contributed by atoms with E-state index in [4.69, 9.17) is 0 Å². The van der Waals surface area contributed by atoms with Crippen LogP contribution in [0.25, 0.3) is 0 Å². The maximum Gasteiger partial charge on any atom is 0.342 e. The van der Waals surface area contributed by atoms with Gasteiger partial charge in [-0.2, -0.15) is 0 Å². The summed E-state index contributed by atoms with van der Waals surface area (Å²) in [6, 6.07) is 0. The molecule has 0 spiro atoms. The molecule has 0 aliphatic rings. The maximum absolute atomic E-state index is 3.52. The number of hydrogen-bond donors (Lipinski definition) is 0. The van der Waals surface area contributed by atoms with Crippen LogP contribution in [0.2, 0.25) is 5.28 Å². The molecule has 0 aliphatic carbocycles. The molecule has 0 amide bonds. The molecule has 0 fully saturated rings. The van der Waals surface area contributed by atoms with E-state index < -0.39 is 0 Å². The van der Waals surface area contributed by atoms with Crippen molar-refractivity contribution in [3.63, 3.8) is 0 Å². The van der Waals surface area contributed by atoms with Crippen molar-refractivity contribution in [3.8, 4) is 0 Å².